The van der Waals surface area contributed by atoms with Gasteiger partial charge in [0.05, 0.1) is 12.0 Å². The van der Waals surface area contributed by atoms with E-state index in [1.165, 1.54) is 6.42 Å². The van der Waals surface area contributed by atoms with Crippen LogP contribution >= 0.6 is 0 Å². The molecule has 2 unspecified atom stereocenters. The summed E-state index contributed by atoms with van der Waals surface area (Å²) in [6, 6.07) is 0.997. The first-order valence-corrected chi connectivity index (χ1v) is 6.07. The van der Waals surface area contributed by atoms with Gasteiger partial charge in [0.15, 0.2) is 0 Å². The second kappa shape index (κ2) is 4.62. The minimum atomic E-state index is 0.0903. The van der Waals surface area contributed by atoms with Crippen molar-refractivity contribution in [1.82, 2.24) is 5.32 Å². The molecule has 2 fully saturated rings. The minimum absolute atomic E-state index is 0.0903. The van der Waals surface area contributed by atoms with Crippen LogP contribution < -0.4 is 5.32 Å². The van der Waals surface area contributed by atoms with Gasteiger partial charge >= 0.3 is 0 Å². The van der Waals surface area contributed by atoms with Gasteiger partial charge in [0.2, 0.25) is 0 Å². The first-order valence-electron chi connectivity index (χ1n) is 6.07. The van der Waals surface area contributed by atoms with Crippen LogP contribution in [0.15, 0.2) is 0 Å². The maximum absolute atomic E-state index is 12.0. The van der Waals surface area contributed by atoms with E-state index in [9.17, 15) is 4.79 Å². The Bertz CT molecular complexity index is 240. The second-order valence-electron chi connectivity index (χ2n) is 4.74. The number of carbonyl (C=O) groups is 1. The highest BCUT2D eigenvalue weighted by Crippen LogP contribution is 2.32. The van der Waals surface area contributed by atoms with Crippen LogP contribution in [0.3, 0.4) is 0 Å². The van der Waals surface area contributed by atoms with Gasteiger partial charge in [-0.2, -0.15) is 0 Å². The largest absolute Gasteiger partial charge is 0.381 e. The Morgan fingerprint density at radius 2 is 2.07 bits per heavy atom. The smallest absolute Gasteiger partial charge is 0.139 e. The quantitative estimate of drug-likeness (QED) is 0.769. The normalized spacial score (nSPS) is 40.1. The summed E-state index contributed by atoms with van der Waals surface area (Å²) in [5.74, 6) is 0.453. The fraction of sp³-hybridized carbons (Fsp3) is 0.917. The van der Waals surface area contributed by atoms with Crippen LogP contribution in [0.1, 0.15) is 39.0 Å². The Balaban J connectivity index is 2.15. The Kier molecular flexibility index (Phi) is 3.42. The molecule has 2 aliphatic rings. The summed E-state index contributed by atoms with van der Waals surface area (Å²) in [7, 11) is 1.74. The molecule has 0 spiro atoms. The van der Waals surface area contributed by atoms with Gasteiger partial charge in [-0.1, -0.05) is 6.92 Å². The Morgan fingerprint density at radius 1 is 1.33 bits per heavy atom. The van der Waals surface area contributed by atoms with Gasteiger partial charge < -0.3 is 10.1 Å². The van der Waals surface area contributed by atoms with E-state index in [2.05, 4.69) is 5.32 Å². The van der Waals surface area contributed by atoms with E-state index in [0.717, 1.165) is 19.3 Å². The molecule has 4 atom stereocenters. The van der Waals surface area contributed by atoms with Crippen LogP contribution in [0.25, 0.3) is 0 Å². The van der Waals surface area contributed by atoms with Crippen LogP contribution in [-0.2, 0) is 9.53 Å². The van der Waals surface area contributed by atoms with Crippen molar-refractivity contribution in [3.8, 4) is 0 Å². The molecule has 0 aromatic carbocycles. The first kappa shape index (κ1) is 11.1. The average Bonchev–Trinajstić information content (AvgIpc) is 2.61. The molecule has 2 rings (SSSR count). The van der Waals surface area contributed by atoms with Crippen molar-refractivity contribution in [2.75, 3.05) is 7.11 Å². The molecule has 15 heavy (non-hydrogen) atoms. The number of fused-ring (bicyclic) bond motifs is 2. The third-order valence-corrected chi connectivity index (χ3v) is 3.93. The van der Waals surface area contributed by atoms with Gasteiger partial charge in [-0.25, -0.2) is 0 Å². The lowest BCUT2D eigenvalue weighted by Crippen LogP contribution is -2.42. The van der Waals surface area contributed by atoms with Gasteiger partial charge in [0.1, 0.15) is 5.78 Å². The predicted octanol–water partition coefficient (Wildman–Crippen LogP) is 1.51. The van der Waals surface area contributed by atoms with Crippen LogP contribution in [0.2, 0.25) is 0 Å². The number of methoxy groups -OCH3 is 1. The van der Waals surface area contributed by atoms with Gasteiger partial charge in [-0.3, -0.25) is 4.79 Å². The molecule has 2 heterocycles. The number of Topliss-reactive ketones (excluding diaryl/α,β-unsaturated/α-hetero) is 1. The Labute approximate surface area is 91.6 Å². The molecular weight excluding hydrogens is 190 g/mol. The zero-order valence-corrected chi connectivity index (χ0v) is 9.66. The van der Waals surface area contributed by atoms with Crippen molar-refractivity contribution in [2.24, 2.45) is 5.92 Å². The van der Waals surface area contributed by atoms with E-state index in [0.29, 0.717) is 24.3 Å². The summed E-state index contributed by atoms with van der Waals surface area (Å²) in [6.07, 6.45) is 5.33. The molecular formula is C12H21NO2. The topological polar surface area (TPSA) is 38.3 Å². The van der Waals surface area contributed by atoms with E-state index >= 15 is 0 Å². The first-order chi connectivity index (χ1) is 7.26. The van der Waals surface area contributed by atoms with Crippen molar-refractivity contribution < 1.29 is 9.53 Å². The molecule has 0 amide bonds. The summed E-state index contributed by atoms with van der Waals surface area (Å²) >= 11 is 0. The molecule has 2 aliphatic heterocycles. The average molecular weight is 211 g/mol. The molecule has 0 aromatic heterocycles. The standard InChI is InChI=1S/C12H21NO2/c1-3-10(14)12-9-6-4-8(13-9)5-7-11(12)15-2/h8-9,11-13H,3-7H2,1-2H3/t8-,9+,11?,12?/m0/s1. The number of hydrogen-bond donors (Lipinski definition) is 1. The lowest BCUT2D eigenvalue weighted by atomic mass is 9.84. The molecule has 1 N–H and O–H groups in total. The molecule has 3 heteroatoms. The Morgan fingerprint density at radius 3 is 2.73 bits per heavy atom. The van der Waals surface area contributed by atoms with Gasteiger partial charge in [-0.15, -0.1) is 0 Å². The predicted molar refractivity (Wildman–Crippen MR) is 58.8 cm³/mol. The summed E-state index contributed by atoms with van der Waals surface area (Å²) < 4.78 is 5.50. The van der Waals surface area contributed by atoms with Crippen LogP contribution in [0.5, 0.6) is 0 Å². The highest BCUT2D eigenvalue weighted by Gasteiger charge is 2.41. The lowest BCUT2D eigenvalue weighted by molar-refractivity contribution is -0.128. The van der Waals surface area contributed by atoms with Crippen molar-refractivity contribution >= 4 is 5.78 Å². The number of ketones is 1. The van der Waals surface area contributed by atoms with E-state index in [4.69, 9.17) is 4.74 Å². The summed E-state index contributed by atoms with van der Waals surface area (Å²) in [5.41, 5.74) is 0. The van der Waals surface area contributed by atoms with Gasteiger partial charge in [0.25, 0.3) is 0 Å². The molecule has 3 nitrogen and oxygen atoms in total. The Hall–Kier alpha value is -0.410. The third kappa shape index (κ3) is 2.08. The van der Waals surface area contributed by atoms with E-state index in [1.54, 1.807) is 7.11 Å². The fourth-order valence-corrected chi connectivity index (χ4v) is 3.10. The zero-order valence-electron chi connectivity index (χ0n) is 9.66. The van der Waals surface area contributed by atoms with Crippen LogP contribution in [0.4, 0.5) is 0 Å². The van der Waals surface area contributed by atoms with E-state index in [1.807, 2.05) is 6.92 Å². The highest BCUT2D eigenvalue weighted by atomic mass is 16.5. The third-order valence-electron chi connectivity index (χ3n) is 3.93. The van der Waals surface area contributed by atoms with E-state index < -0.39 is 0 Å². The fourth-order valence-electron chi connectivity index (χ4n) is 3.10. The molecule has 2 saturated heterocycles. The van der Waals surface area contributed by atoms with Crippen molar-refractivity contribution in [3.63, 3.8) is 0 Å². The van der Waals surface area contributed by atoms with Crippen molar-refractivity contribution in [1.29, 1.82) is 0 Å². The molecule has 0 aliphatic carbocycles. The number of nitrogens with one attached hydrogen (secondary N) is 1. The number of hydrogen-bond acceptors (Lipinski definition) is 3. The summed E-state index contributed by atoms with van der Waals surface area (Å²) in [4.78, 5) is 12.0. The van der Waals surface area contributed by atoms with Crippen molar-refractivity contribution in [2.45, 2.75) is 57.2 Å². The lowest BCUT2D eigenvalue weighted by Gasteiger charge is -2.27. The van der Waals surface area contributed by atoms with Gasteiger partial charge in [-0.05, 0) is 25.7 Å². The van der Waals surface area contributed by atoms with Crippen molar-refractivity contribution in [3.05, 3.63) is 0 Å². The number of rotatable bonds is 3. The second-order valence-corrected chi connectivity index (χ2v) is 4.74. The van der Waals surface area contributed by atoms with Crippen LogP contribution in [0, 0.1) is 5.92 Å². The van der Waals surface area contributed by atoms with Crippen LogP contribution in [-0.4, -0.2) is 31.1 Å². The molecule has 86 valence electrons. The molecule has 0 aromatic rings. The van der Waals surface area contributed by atoms with Gasteiger partial charge in [0, 0.05) is 25.6 Å². The minimum Gasteiger partial charge on any atom is -0.381 e. The zero-order chi connectivity index (χ0) is 10.8. The number of ether oxygens (including phenoxy) is 1. The maximum atomic E-state index is 12.0. The molecule has 0 radical (unpaired) electrons. The monoisotopic (exact) mass is 211 g/mol. The number of carbonyl (C=O) groups excluding carboxylic acids is 1. The van der Waals surface area contributed by atoms with E-state index in [-0.39, 0.29) is 12.0 Å². The summed E-state index contributed by atoms with van der Waals surface area (Å²) in [6.45, 7) is 1.95. The highest BCUT2D eigenvalue weighted by molar-refractivity contribution is 5.82. The molecule has 2 bridgehead atoms. The SMILES string of the molecule is CCC(=O)C1C(OC)CC[C@@H]2CC[C@H]1N2. The maximum Gasteiger partial charge on any atom is 0.139 e. The molecule has 0 saturated carbocycles. The summed E-state index contributed by atoms with van der Waals surface area (Å²) in [5, 5.41) is 3.58.